The summed E-state index contributed by atoms with van der Waals surface area (Å²) in [6.45, 7) is 4.41. The number of unbranched alkanes of at least 4 members (excludes halogenated alkanes) is 1. The molecule has 0 aromatic rings. The average Bonchev–Trinajstić information content (AvgIpc) is 2.63. The van der Waals surface area contributed by atoms with Gasteiger partial charge in [0.05, 0.1) is 19.3 Å². The van der Waals surface area contributed by atoms with Crippen LogP contribution in [0.25, 0.3) is 0 Å². The van der Waals surface area contributed by atoms with E-state index in [1.54, 1.807) is 7.05 Å². The van der Waals surface area contributed by atoms with Gasteiger partial charge < -0.3 is 31.2 Å². The number of amides is 3. The molecule has 0 saturated heterocycles. The lowest BCUT2D eigenvalue weighted by Gasteiger charge is -2.11. The van der Waals surface area contributed by atoms with Crippen molar-refractivity contribution in [3.63, 3.8) is 0 Å². The van der Waals surface area contributed by atoms with E-state index in [0.717, 1.165) is 25.7 Å². The molecule has 0 bridgehead atoms. The van der Waals surface area contributed by atoms with E-state index in [1.807, 2.05) is 6.92 Å². The van der Waals surface area contributed by atoms with Gasteiger partial charge >= 0.3 is 0 Å². The molecule has 158 valence electrons. The molecule has 0 aliphatic rings. The second-order valence-corrected chi connectivity index (χ2v) is 6.21. The summed E-state index contributed by atoms with van der Waals surface area (Å²) < 4.78 is 10.6. The van der Waals surface area contributed by atoms with Gasteiger partial charge in [0, 0.05) is 26.1 Å². The van der Waals surface area contributed by atoms with Gasteiger partial charge in [-0.15, -0.1) is 0 Å². The number of carbonyl (C=O) groups excluding carboxylic acids is 3. The van der Waals surface area contributed by atoms with Crippen LogP contribution in [0.5, 0.6) is 0 Å². The second-order valence-electron chi connectivity index (χ2n) is 6.21. The minimum absolute atomic E-state index is 0.00311. The van der Waals surface area contributed by atoms with Crippen molar-refractivity contribution in [3.05, 3.63) is 0 Å². The predicted molar refractivity (Wildman–Crippen MR) is 103 cm³/mol. The van der Waals surface area contributed by atoms with Crippen LogP contribution < -0.4 is 21.7 Å². The summed E-state index contributed by atoms with van der Waals surface area (Å²) in [7, 11) is 1.70. The average molecular weight is 389 g/mol. The molecule has 5 N–H and O–H groups in total. The lowest BCUT2D eigenvalue weighted by Crippen LogP contribution is -2.39. The van der Waals surface area contributed by atoms with Crippen LogP contribution in [-0.2, 0) is 23.9 Å². The second kappa shape index (κ2) is 17.7. The first-order chi connectivity index (χ1) is 13.0. The van der Waals surface area contributed by atoms with Gasteiger partial charge in [0.2, 0.25) is 17.7 Å². The zero-order valence-electron chi connectivity index (χ0n) is 16.7. The summed E-state index contributed by atoms with van der Waals surface area (Å²) in [5.74, 6) is -0.464. The van der Waals surface area contributed by atoms with Crippen molar-refractivity contribution in [2.24, 2.45) is 5.73 Å². The standard InChI is InChI=1S/C18H36N4O5/c1-3-7-16(23)21-10-6-11-26-12-13-27-14-17(24)22-9-5-4-8-15(20-2)18(19)25/h15,20H,3-14H2,1-2H3,(H2,19,25)(H,21,23)(H,22,24). The van der Waals surface area contributed by atoms with E-state index in [2.05, 4.69) is 16.0 Å². The van der Waals surface area contributed by atoms with Gasteiger partial charge in [-0.1, -0.05) is 6.92 Å². The van der Waals surface area contributed by atoms with Gasteiger partial charge in [-0.2, -0.15) is 0 Å². The molecule has 0 fully saturated rings. The van der Waals surface area contributed by atoms with E-state index in [9.17, 15) is 14.4 Å². The molecule has 0 aromatic heterocycles. The van der Waals surface area contributed by atoms with Crippen LogP contribution in [0.4, 0.5) is 0 Å². The number of hydrogen-bond acceptors (Lipinski definition) is 6. The zero-order valence-corrected chi connectivity index (χ0v) is 16.7. The molecule has 0 spiro atoms. The van der Waals surface area contributed by atoms with Gasteiger partial charge in [0.1, 0.15) is 6.61 Å². The lowest BCUT2D eigenvalue weighted by atomic mass is 10.1. The Hall–Kier alpha value is -1.71. The fourth-order valence-corrected chi connectivity index (χ4v) is 2.28. The molecule has 3 amide bonds. The minimum Gasteiger partial charge on any atom is -0.379 e. The first kappa shape index (κ1) is 25.3. The third-order valence-electron chi connectivity index (χ3n) is 3.80. The largest absolute Gasteiger partial charge is 0.379 e. The smallest absolute Gasteiger partial charge is 0.245 e. The van der Waals surface area contributed by atoms with Crippen LogP contribution in [-0.4, -0.2) is 70.3 Å². The van der Waals surface area contributed by atoms with Gasteiger partial charge in [-0.3, -0.25) is 14.4 Å². The fraction of sp³-hybridized carbons (Fsp3) is 0.833. The van der Waals surface area contributed by atoms with Gasteiger partial charge in [-0.05, 0) is 39.2 Å². The first-order valence-electron chi connectivity index (χ1n) is 9.66. The molecule has 0 aliphatic heterocycles. The number of likely N-dealkylation sites (N-methyl/N-ethyl adjacent to an activating group) is 1. The molecule has 0 aromatic carbocycles. The van der Waals surface area contributed by atoms with Crippen LogP contribution in [0.1, 0.15) is 45.4 Å². The van der Waals surface area contributed by atoms with Crippen molar-refractivity contribution in [3.8, 4) is 0 Å². The maximum Gasteiger partial charge on any atom is 0.245 e. The number of hydrogen-bond donors (Lipinski definition) is 4. The molecule has 27 heavy (non-hydrogen) atoms. The topological polar surface area (TPSA) is 132 Å². The highest BCUT2D eigenvalue weighted by Gasteiger charge is 2.11. The third kappa shape index (κ3) is 16.2. The summed E-state index contributed by atoms with van der Waals surface area (Å²) in [5.41, 5.74) is 5.23. The number of nitrogens with one attached hydrogen (secondary N) is 3. The van der Waals surface area contributed by atoms with E-state index in [0.29, 0.717) is 45.8 Å². The van der Waals surface area contributed by atoms with E-state index in [-0.39, 0.29) is 30.4 Å². The molecule has 0 radical (unpaired) electrons. The van der Waals surface area contributed by atoms with Crippen LogP contribution in [0.15, 0.2) is 0 Å². The zero-order chi connectivity index (χ0) is 20.3. The summed E-state index contributed by atoms with van der Waals surface area (Å²) in [5, 5.41) is 8.43. The van der Waals surface area contributed by atoms with Crippen LogP contribution in [0, 0.1) is 0 Å². The highest BCUT2D eigenvalue weighted by Crippen LogP contribution is 1.99. The molecule has 0 aliphatic carbocycles. The Kier molecular flexibility index (Phi) is 16.6. The Balaban J connectivity index is 3.37. The summed E-state index contributed by atoms with van der Waals surface area (Å²) in [4.78, 5) is 33.9. The molecular weight excluding hydrogens is 352 g/mol. The fourth-order valence-electron chi connectivity index (χ4n) is 2.28. The monoisotopic (exact) mass is 388 g/mol. The number of ether oxygens (including phenoxy) is 2. The van der Waals surface area contributed by atoms with Crippen molar-refractivity contribution >= 4 is 17.7 Å². The normalized spacial score (nSPS) is 11.8. The SMILES string of the molecule is CCCC(=O)NCCCOCCOCC(=O)NCCCCC(NC)C(N)=O. The van der Waals surface area contributed by atoms with Crippen molar-refractivity contribution in [2.45, 2.75) is 51.5 Å². The van der Waals surface area contributed by atoms with Gasteiger partial charge in [0.15, 0.2) is 0 Å². The molecule has 1 atom stereocenters. The highest BCUT2D eigenvalue weighted by molar-refractivity contribution is 5.79. The van der Waals surface area contributed by atoms with Crippen molar-refractivity contribution in [2.75, 3.05) is 46.6 Å². The maximum absolute atomic E-state index is 11.6. The van der Waals surface area contributed by atoms with Gasteiger partial charge in [0.25, 0.3) is 0 Å². The summed E-state index contributed by atoms with van der Waals surface area (Å²) in [6, 6.07) is -0.323. The van der Waals surface area contributed by atoms with Crippen LogP contribution in [0.3, 0.4) is 0 Å². The summed E-state index contributed by atoms with van der Waals surface area (Å²) in [6.07, 6.45) is 4.37. The molecular formula is C18H36N4O5. The molecule has 0 heterocycles. The maximum atomic E-state index is 11.6. The Morgan fingerprint density at radius 2 is 1.59 bits per heavy atom. The lowest BCUT2D eigenvalue weighted by molar-refractivity contribution is -0.126. The summed E-state index contributed by atoms with van der Waals surface area (Å²) >= 11 is 0. The number of nitrogens with two attached hydrogens (primary N) is 1. The van der Waals surface area contributed by atoms with Crippen LogP contribution in [0.2, 0.25) is 0 Å². The molecule has 0 saturated carbocycles. The Morgan fingerprint density at radius 3 is 2.26 bits per heavy atom. The number of carbonyl (C=O) groups is 3. The van der Waals surface area contributed by atoms with E-state index < -0.39 is 0 Å². The van der Waals surface area contributed by atoms with E-state index in [4.69, 9.17) is 15.2 Å². The minimum atomic E-state index is -0.363. The van der Waals surface area contributed by atoms with Crippen molar-refractivity contribution in [1.82, 2.24) is 16.0 Å². The molecule has 0 rings (SSSR count). The quantitative estimate of drug-likeness (QED) is 0.238. The van der Waals surface area contributed by atoms with Gasteiger partial charge in [-0.25, -0.2) is 0 Å². The molecule has 9 heteroatoms. The Labute approximate surface area is 162 Å². The highest BCUT2D eigenvalue weighted by atomic mass is 16.5. The van der Waals surface area contributed by atoms with Crippen LogP contribution >= 0.6 is 0 Å². The Morgan fingerprint density at radius 1 is 0.926 bits per heavy atom. The number of primary amides is 1. The molecule has 9 nitrogen and oxygen atoms in total. The van der Waals surface area contributed by atoms with Crippen molar-refractivity contribution < 1.29 is 23.9 Å². The van der Waals surface area contributed by atoms with E-state index in [1.165, 1.54) is 0 Å². The van der Waals surface area contributed by atoms with E-state index >= 15 is 0 Å². The van der Waals surface area contributed by atoms with Crippen molar-refractivity contribution in [1.29, 1.82) is 0 Å². The number of rotatable bonds is 18. The third-order valence-corrected chi connectivity index (χ3v) is 3.80. The predicted octanol–water partition coefficient (Wildman–Crippen LogP) is -0.314. The Bertz CT molecular complexity index is 421. The first-order valence-corrected chi connectivity index (χ1v) is 9.66. The molecule has 1 unspecified atom stereocenters.